The largest absolute Gasteiger partial charge is 0.497 e. The quantitative estimate of drug-likeness (QED) is 0.693. The number of ether oxygens (including phenoxy) is 2. The second-order valence-corrected chi connectivity index (χ2v) is 9.21. The molecule has 1 amide bonds. The molecule has 0 aliphatic carbocycles. The molecule has 7 nitrogen and oxygen atoms in total. The van der Waals surface area contributed by atoms with E-state index in [1.54, 1.807) is 26.4 Å². The van der Waals surface area contributed by atoms with Crippen LogP contribution in [0.4, 0.5) is 0 Å². The second-order valence-electron chi connectivity index (χ2n) is 7.38. The number of methoxy groups -OCH3 is 2. The van der Waals surface area contributed by atoms with Crippen LogP contribution in [-0.2, 0) is 16.4 Å². The van der Waals surface area contributed by atoms with Gasteiger partial charge in [0, 0.05) is 30.3 Å². The minimum atomic E-state index is -3.20. The summed E-state index contributed by atoms with van der Waals surface area (Å²) in [5, 5.41) is 0. The maximum atomic E-state index is 13.2. The highest BCUT2D eigenvalue weighted by molar-refractivity contribution is 7.88. The highest BCUT2D eigenvalue weighted by Crippen LogP contribution is 2.39. The third-order valence-corrected chi connectivity index (χ3v) is 6.02. The third kappa shape index (κ3) is 5.31. The molecule has 0 unspecified atom stereocenters. The number of hydrogen-bond acceptors (Lipinski definition) is 5. The Kier molecular flexibility index (Phi) is 6.99. The molecule has 162 valence electrons. The zero-order valence-electron chi connectivity index (χ0n) is 17.6. The number of rotatable bonds is 8. The molecule has 0 spiro atoms. The second kappa shape index (κ2) is 9.49. The maximum Gasteiger partial charge on any atom is 0.254 e. The van der Waals surface area contributed by atoms with Crippen LogP contribution in [0.2, 0.25) is 0 Å². The molecule has 1 heterocycles. The van der Waals surface area contributed by atoms with Gasteiger partial charge in [-0.2, -0.15) is 0 Å². The first-order valence-electron chi connectivity index (χ1n) is 9.89. The van der Waals surface area contributed by atoms with E-state index in [0.29, 0.717) is 36.6 Å². The molecule has 1 atom stereocenters. The summed E-state index contributed by atoms with van der Waals surface area (Å²) < 4.78 is 35.6. The van der Waals surface area contributed by atoms with Crippen LogP contribution in [0.15, 0.2) is 42.5 Å². The normalized spacial score (nSPS) is 16.5. The van der Waals surface area contributed by atoms with Crippen molar-refractivity contribution in [2.24, 2.45) is 0 Å². The molecule has 1 fully saturated rings. The van der Waals surface area contributed by atoms with E-state index in [1.807, 2.05) is 35.2 Å². The molecule has 3 rings (SSSR count). The van der Waals surface area contributed by atoms with Gasteiger partial charge in [0.05, 0.1) is 26.5 Å². The van der Waals surface area contributed by atoms with Gasteiger partial charge >= 0.3 is 0 Å². The predicted octanol–water partition coefficient (Wildman–Crippen LogP) is 2.77. The van der Waals surface area contributed by atoms with Gasteiger partial charge in [0.2, 0.25) is 10.0 Å². The van der Waals surface area contributed by atoms with Crippen molar-refractivity contribution < 1.29 is 22.7 Å². The number of nitrogens with one attached hydrogen (secondary N) is 1. The van der Waals surface area contributed by atoms with Gasteiger partial charge in [0.25, 0.3) is 5.91 Å². The van der Waals surface area contributed by atoms with Crippen LogP contribution in [0, 0.1) is 0 Å². The van der Waals surface area contributed by atoms with Gasteiger partial charge in [-0.05, 0) is 49.1 Å². The highest BCUT2D eigenvalue weighted by atomic mass is 32.2. The van der Waals surface area contributed by atoms with E-state index < -0.39 is 10.0 Å². The van der Waals surface area contributed by atoms with E-state index in [4.69, 9.17) is 9.47 Å². The van der Waals surface area contributed by atoms with Crippen LogP contribution in [0.5, 0.6) is 11.5 Å². The Morgan fingerprint density at radius 1 is 1.13 bits per heavy atom. The van der Waals surface area contributed by atoms with Crippen molar-refractivity contribution >= 4 is 15.9 Å². The fourth-order valence-electron chi connectivity index (χ4n) is 3.79. The lowest BCUT2D eigenvalue weighted by atomic mass is 10.0. The summed E-state index contributed by atoms with van der Waals surface area (Å²) in [5.74, 6) is 1.41. The Bertz CT molecular complexity index is 989. The summed E-state index contributed by atoms with van der Waals surface area (Å²) in [7, 11) is 0.0350. The summed E-state index contributed by atoms with van der Waals surface area (Å²) in [6.07, 6.45) is 3.51. The molecule has 2 aromatic carbocycles. The van der Waals surface area contributed by atoms with Crippen molar-refractivity contribution in [3.8, 4) is 11.5 Å². The summed E-state index contributed by atoms with van der Waals surface area (Å²) in [6.45, 7) is 1.02. The number of hydrogen-bond donors (Lipinski definition) is 1. The van der Waals surface area contributed by atoms with Gasteiger partial charge in [0.1, 0.15) is 11.5 Å². The molecule has 0 aromatic heterocycles. The van der Waals surface area contributed by atoms with Crippen molar-refractivity contribution in [2.45, 2.75) is 25.3 Å². The molecule has 0 radical (unpaired) electrons. The molecule has 30 heavy (non-hydrogen) atoms. The van der Waals surface area contributed by atoms with E-state index in [9.17, 15) is 13.2 Å². The number of sulfonamides is 1. The number of amides is 1. The lowest BCUT2D eigenvalue weighted by molar-refractivity contribution is 0.0734. The fourth-order valence-corrected chi connectivity index (χ4v) is 4.26. The van der Waals surface area contributed by atoms with E-state index >= 15 is 0 Å². The van der Waals surface area contributed by atoms with Crippen LogP contribution < -0.4 is 14.2 Å². The average Bonchev–Trinajstić information content (AvgIpc) is 3.22. The molecule has 8 heteroatoms. The molecule has 2 aromatic rings. The maximum absolute atomic E-state index is 13.2. The summed E-state index contributed by atoms with van der Waals surface area (Å²) in [5.41, 5.74) is 2.57. The molecular formula is C22H28N2O5S. The van der Waals surface area contributed by atoms with Gasteiger partial charge in [-0.3, -0.25) is 4.79 Å². The van der Waals surface area contributed by atoms with Crippen LogP contribution in [0.1, 0.15) is 40.4 Å². The molecule has 0 bridgehead atoms. The van der Waals surface area contributed by atoms with Crippen LogP contribution in [-0.4, -0.2) is 52.8 Å². The zero-order valence-corrected chi connectivity index (χ0v) is 18.4. The Morgan fingerprint density at radius 2 is 1.87 bits per heavy atom. The summed E-state index contributed by atoms with van der Waals surface area (Å²) >= 11 is 0. The van der Waals surface area contributed by atoms with E-state index in [2.05, 4.69) is 4.72 Å². The van der Waals surface area contributed by atoms with Gasteiger partial charge in [-0.1, -0.05) is 12.1 Å². The van der Waals surface area contributed by atoms with Crippen LogP contribution >= 0.6 is 0 Å². The van der Waals surface area contributed by atoms with Gasteiger partial charge < -0.3 is 14.4 Å². The van der Waals surface area contributed by atoms with E-state index in [-0.39, 0.29) is 11.9 Å². The van der Waals surface area contributed by atoms with E-state index in [1.165, 1.54) is 0 Å². The average molecular weight is 433 g/mol. The Morgan fingerprint density at radius 3 is 2.50 bits per heavy atom. The van der Waals surface area contributed by atoms with Crippen molar-refractivity contribution in [2.75, 3.05) is 33.6 Å². The molecule has 1 aliphatic rings. The Balaban J connectivity index is 1.73. The Labute approximate surface area is 178 Å². The monoisotopic (exact) mass is 432 g/mol. The molecule has 1 N–H and O–H groups in total. The van der Waals surface area contributed by atoms with Crippen LogP contribution in [0.25, 0.3) is 0 Å². The minimum absolute atomic E-state index is 0.0174. The van der Waals surface area contributed by atoms with Crippen molar-refractivity contribution in [3.05, 3.63) is 59.2 Å². The summed E-state index contributed by atoms with van der Waals surface area (Å²) in [6, 6.07) is 13.0. The van der Waals surface area contributed by atoms with E-state index in [0.717, 1.165) is 30.2 Å². The lowest BCUT2D eigenvalue weighted by Gasteiger charge is -2.26. The van der Waals surface area contributed by atoms with Gasteiger partial charge in [-0.15, -0.1) is 0 Å². The zero-order chi connectivity index (χ0) is 21.7. The van der Waals surface area contributed by atoms with Gasteiger partial charge in [-0.25, -0.2) is 13.1 Å². The highest BCUT2D eigenvalue weighted by Gasteiger charge is 2.32. The first kappa shape index (κ1) is 22.1. The van der Waals surface area contributed by atoms with Crippen molar-refractivity contribution in [1.29, 1.82) is 0 Å². The smallest absolute Gasteiger partial charge is 0.254 e. The molecule has 1 aliphatic heterocycles. The minimum Gasteiger partial charge on any atom is -0.497 e. The number of carbonyl (C=O) groups excluding carboxylic acids is 1. The Hall–Kier alpha value is -2.58. The van der Waals surface area contributed by atoms with Crippen molar-refractivity contribution in [3.63, 3.8) is 0 Å². The molecule has 0 saturated carbocycles. The predicted molar refractivity (Wildman–Crippen MR) is 116 cm³/mol. The molecular weight excluding hydrogens is 404 g/mol. The number of nitrogens with zero attached hydrogens (tertiary/aromatic N) is 1. The standard InChI is InChI=1S/C22H28N2O5S/c1-28-18-10-11-19(21(15-18)29-2)20-5-4-14-24(20)22(25)17-8-6-16(7-9-17)12-13-23-30(3,26)27/h6-11,15,20,23H,4-5,12-14H2,1-3H3/t20-/m1/s1. The SMILES string of the molecule is COc1ccc([C@H]2CCCN2C(=O)c2ccc(CCNS(C)(=O)=O)cc2)c(OC)c1. The summed E-state index contributed by atoms with van der Waals surface area (Å²) in [4.78, 5) is 15.1. The lowest BCUT2D eigenvalue weighted by Crippen LogP contribution is -2.30. The topological polar surface area (TPSA) is 84.9 Å². The van der Waals surface area contributed by atoms with Crippen molar-refractivity contribution in [1.82, 2.24) is 9.62 Å². The van der Waals surface area contributed by atoms with Crippen LogP contribution in [0.3, 0.4) is 0 Å². The fraction of sp³-hybridized carbons (Fsp3) is 0.409. The molecule has 1 saturated heterocycles. The third-order valence-electron chi connectivity index (χ3n) is 5.29. The van der Waals surface area contributed by atoms with Gasteiger partial charge in [0.15, 0.2) is 0 Å². The number of likely N-dealkylation sites (tertiary alicyclic amines) is 1. The number of benzene rings is 2. The first-order valence-corrected chi connectivity index (χ1v) is 11.8. The number of carbonyl (C=O) groups is 1. The first-order chi connectivity index (χ1) is 14.3.